The van der Waals surface area contributed by atoms with Gasteiger partial charge in [0.25, 0.3) is 0 Å². The minimum atomic E-state index is -0.301. The molecular formula is C17H15NO2. The van der Waals surface area contributed by atoms with E-state index in [-0.39, 0.29) is 5.63 Å². The van der Waals surface area contributed by atoms with E-state index < -0.39 is 0 Å². The summed E-state index contributed by atoms with van der Waals surface area (Å²) < 4.78 is 4.97. The van der Waals surface area contributed by atoms with Crippen molar-refractivity contribution in [3.05, 3.63) is 81.7 Å². The van der Waals surface area contributed by atoms with Crippen molar-refractivity contribution in [3.8, 4) is 11.3 Å². The third kappa shape index (κ3) is 2.43. The second-order valence-corrected chi connectivity index (χ2v) is 4.87. The quantitative estimate of drug-likeness (QED) is 0.787. The zero-order valence-electron chi connectivity index (χ0n) is 11.2. The van der Waals surface area contributed by atoms with Crippen LogP contribution < -0.4 is 5.63 Å². The molecule has 2 aromatic carbocycles. The summed E-state index contributed by atoms with van der Waals surface area (Å²) in [7, 11) is 0. The molecule has 0 spiro atoms. The van der Waals surface area contributed by atoms with E-state index in [1.54, 1.807) is 0 Å². The summed E-state index contributed by atoms with van der Waals surface area (Å²) >= 11 is 0. The summed E-state index contributed by atoms with van der Waals surface area (Å²) in [4.78, 5) is 11.9. The molecular weight excluding hydrogens is 250 g/mol. The Bertz CT molecular complexity index is 752. The van der Waals surface area contributed by atoms with Gasteiger partial charge in [0, 0.05) is 12.0 Å². The lowest BCUT2D eigenvalue weighted by Gasteiger charge is -2.02. The lowest BCUT2D eigenvalue weighted by atomic mass is 10.0. The third-order valence-electron chi connectivity index (χ3n) is 3.36. The van der Waals surface area contributed by atoms with Gasteiger partial charge < -0.3 is 4.52 Å². The Morgan fingerprint density at radius 2 is 1.70 bits per heavy atom. The summed E-state index contributed by atoms with van der Waals surface area (Å²) in [5, 5.41) is 2.73. The molecule has 20 heavy (non-hydrogen) atoms. The van der Waals surface area contributed by atoms with Crippen molar-refractivity contribution < 1.29 is 4.52 Å². The summed E-state index contributed by atoms with van der Waals surface area (Å²) in [5.74, 6) is 0. The first-order valence-corrected chi connectivity index (χ1v) is 6.55. The van der Waals surface area contributed by atoms with Crippen molar-refractivity contribution in [2.24, 2.45) is 0 Å². The zero-order valence-corrected chi connectivity index (χ0v) is 11.2. The normalized spacial score (nSPS) is 10.7. The predicted octanol–water partition coefficient (Wildman–Crippen LogP) is 3.53. The van der Waals surface area contributed by atoms with Gasteiger partial charge in [-0.05, 0) is 12.5 Å². The van der Waals surface area contributed by atoms with E-state index in [1.165, 1.54) is 5.56 Å². The van der Waals surface area contributed by atoms with Gasteiger partial charge in [-0.1, -0.05) is 60.2 Å². The summed E-state index contributed by atoms with van der Waals surface area (Å²) in [6.45, 7) is 2.05. The molecule has 0 saturated carbocycles. The van der Waals surface area contributed by atoms with Crippen molar-refractivity contribution in [1.82, 2.24) is 5.16 Å². The molecule has 3 heteroatoms. The van der Waals surface area contributed by atoms with Crippen LogP contribution in [0.25, 0.3) is 11.3 Å². The van der Waals surface area contributed by atoms with E-state index in [0.717, 1.165) is 16.8 Å². The standard InChI is InChI=1S/C17H15NO2/c1-12-7-9-13(10-8-12)11-15-16(18-20-17(15)19)14-5-3-2-4-6-14/h2-10,18H,11H2,1H3. The Morgan fingerprint density at radius 3 is 2.40 bits per heavy atom. The number of hydrogen-bond acceptors (Lipinski definition) is 2. The van der Waals surface area contributed by atoms with Gasteiger partial charge in [-0.15, -0.1) is 0 Å². The molecule has 0 amide bonds. The van der Waals surface area contributed by atoms with Gasteiger partial charge in [0.1, 0.15) is 0 Å². The van der Waals surface area contributed by atoms with Crippen molar-refractivity contribution in [2.75, 3.05) is 0 Å². The maximum Gasteiger partial charge on any atom is 0.361 e. The van der Waals surface area contributed by atoms with Crippen molar-refractivity contribution in [3.63, 3.8) is 0 Å². The Hall–Kier alpha value is -2.55. The van der Waals surface area contributed by atoms with Crippen LogP contribution in [-0.2, 0) is 6.42 Å². The molecule has 0 aliphatic heterocycles. The lowest BCUT2D eigenvalue weighted by Crippen LogP contribution is -2.03. The van der Waals surface area contributed by atoms with Gasteiger partial charge >= 0.3 is 5.63 Å². The summed E-state index contributed by atoms with van der Waals surface area (Å²) in [6.07, 6.45) is 0.566. The third-order valence-corrected chi connectivity index (χ3v) is 3.36. The highest BCUT2D eigenvalue weighted by atomic mass is 16.5. The van der Waals surface area contributed by atoms with Crippen LogP contribution in [0.3, 0.4) is 0 Å². The Morgan fingerprint density at radius 1 is 1.00 bits per heavy atom. The smallest absolute Gasteiger partial charge is 0.338 e. The van der Waals surface area contributed by atoms with Crippen LogP contribution in [0.5, 0.6) is 0 Å². The molecule has 0 aliphatic rings. The molecule has 1 heterocycles. The fourth-order valence-electron chi connectivity index (χ4n) is 2.23. The summed E-state index contributed by atoms with van der Waals surface area (Å²) in [5.41, 5.74) is 4.39. The second-order valence-electron chi connectivity index (χ2n) is 4.87. The molecule has 0 unspecified atom stereocenters. The Balaban J connectivity index is 2.00. The molecule has 3 rings (SSSR count). The van der Waals surface area contributed by atoms with Crippen LogP contribution in [-0.4, -0.2) is 5.16 Å². The largest absolute Gasteiger partial charge is 0.361 e. The number of aromatic nitrogens is 1. The van der Waals surface area contributed by atoms with Crippen LogP contribution in [0.15, 0.2) is 63.9 Å². The number of rotatable bonds is 3. The molecule has 0 saturated heterocycles. The minimum Gasteiger partial charge on any atom is -0.338 e. The first-order chi connectivity index (χ1) is 9.74. The molecule has 1 aromatic heterocycles. The van der Waals surface area contributed by atoms with Gasteiger partial charge in [-0.2, -0.15) is 0 Å². The van der Waals surface area contributed by atoms with Gasteiger partial charge in [-0.25, -0.2) is 9.95 Å². The lowest BCUT2D eigenvalue weighted by molar-refractivity contribution is 0.392. The first-order valence-electron chi connectivity index (χ1n) is 6.55. The topological polar surface area (TPSA) is 46.0 Å². The van der Waals surface area contributed by atoms with Crippen LogP contribution in [0.2, 0.25) is 0 Å². The highest BCUT2D eigenvalue weighted by Crippen LogP contribution is 2.21. The molecule has 1 N–H and O–H groups in total. The molecule has 0 bridgehead atoms. The van der Waals surface area contributed by atoms with E-state index in [1.807, 2.05) is 61.5 Å². The van der Waals surface area contributed by atoms with Crippen LogP contribution in [0, 0.1) is 6.92 Å². The van der Waals surface area contributed by atoms with E-state index in [2.05, 4.69) is 5.16 Å². The number of aryl methyl sites for hydroxylation is 1. The van der Waals surface area contributed by atoms with Gasteiger partial charge in [-0.3, -0.25) is 0 Å². The van der Waals surface area contributed by atoms with Gasteiger partial charge in [0.05, 0.1) is 11.3 Å². The predicted molar refractivity (Wildman–Crippen MR) is 78.7 cm³/mol. The van der Waals surface area contributed by atoms with E-state index in [0.29, 0.717) is 12.0 Å². The van der Waals surface area contributed by atoms with E-state index in [4.69, 9.17) is 4.52 Å². The fraction of sp³-hybridized carbons (Fsp3) is 0.118. The first kappa shape index (κ1) is 12.5. The monoisotopic (exact) mass is 265 g/mol. The minimum absolute atomic E-state index is 0.301. The van der Waals surface area contributed by atoms with E-state index in [9.17, 15) is 4.79 Å². The van der Waals surface area contributed by atoms with Crippen molar-refractivity contribution in [1.29, 1.82) is 0 Å². The number of nitrogens with one attached hydrogen (secondary N) is 1. The number of H-pyrrole nitrogens is 1. The van der Waals surface area contributed by atoms with Crippen LogP contribution in [0.1, 0.15) is 16.7 Å². The SMILES string of the molecule is Cc1ccc(Cc2c(-c3ccccc3)[nH]oc2=O)cc1. The number of hydrogen-bond donors (Lipinski definition) is 1. The average Bonchev–Trinajstić information content (AvgIpc) is 2.84. The molecule has 100 valence electrons. The molecule has 0 aliphatic carbocycles. The zero-order chi connectivity index (χ0) is 13.9. The molecule has 0 radical (unpaired) electrons. The number of benzene rings is 2. The maximum absolute atomic E-state index is 11.9. The highest BCUT2D eigenvalue weighted by molar-refractivity contribution is 5.62. The molecule has 0 atom stereocenters. The van der Waals surface area contributed by atoms with Crippen molar-refractivity contribution in [2.45, 2.75) is 13.3 Å². The molecule has 3 nitrogen and oxygen atoms in total. The van der Waals surface area contributed by atoms with Crippen LogP contribution >= 0.6 is 0 Å². The molecule has 3 aromatic rings. The average molecular weight is 265 g/mol. The maximum atomic E-state index is 11.9. The second kappa shape index (κ2) is 5.21. The van der Waals surface area contributed by atoms with Crippen molar-refractivity contribution >= 4 is 0 Å². The van der Waals surface area contributed by atoms with Crippen LogP contribution in [0.4, 0.5) is 0 Å². The summed E-state index contributed by atoms with van der Waals surface area (Å²) in [6, 6.07) is 17.9. The fourth-order valence-corrected chi connectivity index (χ4v) is 2.23. The molecule has 0 fully saturated rings. The Kier molecular flexibility index (Phi) is 3.25. The van der Waals surface area contributed by atoms with Gasteiger partial charge in [0.2, 0.25) is 0 Å². The van der Waals surface area contributed by atoms with E-state index >= 15 is 0 Å². The number of aromatic amines is 1. The highest BCUT2D eigenvalue weighted by Gasteiger charge is 2.14. The Labute approximate surface area is 116 Å². The van der Waals surface area contributed by atoms with Gasteiger partial charge in [0.15, 0.2) is 0 Å².